The van der Waals surface area contributed by atoms with E-state index in [9.17, 15) is 13.2 Å². The number of hydrogen-bond acceptors (Lipinski definition) is 2. The molecular weight excluding hydrogens is 375 g/mol. The quantitative estimate of drug-likeness (QED) is 0.411. The van der Waals surface area contributed by atoms with Gasteiger partial charge in [0.05, 0.1) is 5.56 Å². The van der Waals surface area contributed by atoms with Crippen molar-refractivity contribution in [1.82, 2.24) is 4.90 Å². The van der Waals surface area contributed by atoms with Crippen molar-refractivity contribution in [2.45, 2.75) is 51.3 Å². The standard InChI is InChI=1S/C24H30F3NO/c1-2-3-16-28(18-19-9-10-19)17-15-23(20-7-5-4-6-8-20)29-22-13-11-21(12-14-22)24(25,26)27/h4-8,11-14,19,23H,2-3,9-10,15-18H2,1H3. The molecule has 0 bridgehead atoms. The highest BCUT2D eigenvalue weighted by Crippen LogP contribution is 2.33. The maximum Gasteiger partial charge on any atom is 0.416 e. The minimum atomic E-state index is -4.33. The molecular formula is C24H30F3NO. The number of benzene rings is 2. The normalized spacial score (nSPS) is 15.5. The molecule has 1 aliphatic carbocycles. The number of unbranched alkanes of at least 4 members (excludes halogenated alkanes) is 1. The smallest absolute Gasteiger partial charge is 0.416 e. The maximum atomic E-state index is 12.8. The average Bonchev–Trinajstić information content (AvgIpc) is 3.53. The molecule has 0 saturated heterocycles. The van der Waals surface area contributed by atoms with Gasteiger partial charge >= 0.3 is 6.18 Å². The van der Waals surface area contributed by atoms with E-state index in [0.717, 1.165) is 49.7 Å². The lowest BCUT2D eigenvalue weighted by atomic mass is 10.1. The Morgan fingerprint density at radius 3 is 2.28 bits per heavy atom. The van der Waals surface area contributed by atoms with Gasteiger partial charge in [-0.3, -0.25) is 0 Å². The number of hydrogen-bond donors (Lipinski definition) is 0. The second-order valence-corrected chi connectivity index (χ2v) is 7.93. The van der Waals surface area contributed by atoms with Crippen molar-refractivity contribution in [3.63, 3.8) is 0 Å². The van der Waals surface area contributed by atoms with E-state index in [2.05, 4.69) is 11.8 Å². The van der Waals surface area contributed by atoms with Crippen LogP contribution in [0.1, 0.15) is 56.3 Å². The first-order valence-corrected chi connectivity index (χ1v) is 10.6. The SMILES string of the molecule is CCCCN(CCC(Oc1ccc(C(F)(F)F)cc1)c1ccccc1)CC1CC1. The van der Waals surface area contributed by atoms with E-state index >= 15 is 0 Å². The van der Waals surface area contributed by atoms with Crippen molar-refractivity contribution in [3.05, 3.63) is 65.7 Å². The Balaban J connectivity index is 1.67. The lowest BCUT2D eigenvalue weighted by Gasteiger charge is -2.26. The molecule has 3 rings (SSSR count). The monoisotopic (exact) mass is 405 g/mol. The van der Waals surface area contributed by atoms with E-state index in [1.165, 1.54) is 37.8 Å². The van der Waals surface area contributed by atoms with Gasteiger partial charge in [0.1, 0.15) is 11.9 Å². The highest BCUT2D eigenvalue weighted by Gasteiger charge is 2.30. The average molecular weight is 406 g/mol. The summed E-state index contributed by atoms with van der Waals surface area (Å²) in [4.78, 5) is 2.52. The summed E-state index contributed by atoms with van der Waals surface area (Å²) in [5, 5.41) is 0. The zero-order valence-electron chi connectivity index (χ0n) is 17.0. The number of nitrogens with zero attached hydrogens (tertiary/aromatic N) is 1. The first-order valence-electron chi connectivity index (χ1n) is 10.6. The van der Waals surface area contributed by atoms with Crippen LogP contribution in [0.15, 0.2) is 54.6 Å². The van der Waals surface area contributed by atoms with E-state index in [0.29, 0.717) is 5.75 Å². The van der Waals surface area contributed by atoms with Crippen LogP contribution in [0.3, 0.4) is 0 Å². The first-order chi connectivity index (χ1) is 14.0. The summed E-state index contributed by atoms with van der Waals surface area (Å²) >= 11 is 0. The summed E-state index contributed by atoms with van der Waals surface area (Å²) in [7, 11) is 0. The van der Waals surface area contributed by atoms with Gasteiger partial charge in [0, 0.05) is 19.5 Å². The molecule has 1 atom stereocenters. The van der Waals surface area contributed by atoms with E-state index in [4.69, 9.17) is 4.74 Å². The molecule has 2 aromatic carbocycles. The molecule has 5 heteroatoms. The predicted octanol–water partition coefficient (Wildman–Crippen LogP) is 6.73. The molecule has 0 radical (unpaired) electrons. The summed E-state index contributed by atoms with van der Waals surface area (Å²) in [6.45, 7) is 5.36. The number of ether oxygens (including phenoxy) is 1. The number of rotatable bonds is 11. The summed E-state index contributed by atoms with van der Waals surface area (Å²) in [6, 6.07) is 14.9. The highest BCUT2D eigenvalue weighted by atomic mass is 19.4. The van der Waals surface area contributed by atoms with Crippen LogP contribution in [-0.2, 0) is 6.18 Å². The third-order valence-corrected chi connectivity index (χ3v) is 5.38. The van der Waals surface area contributed by atoms with Gasteiger partial charge in [-0.1, -0.05) is 43.7 Å². The van der Waals surface area contributed by atoms with Gasteiger partial charge < -0.3 is 9.64 Å². The largest absolute Gasteiger partial charge is 0.486 e. The molecule has 0 heterocycles. The van der Waals surface area contributed by atoms with Crippen LogP contribution in [0.25, 0.3) is 0 Å². The molecule has 2 aromatic rings. The third kappa shape index (κ3) is 7.07. The van der Waals surface area contributed by atoms with Gasteiger partial charge in [-0.25, -0.2) is 0 Å². The first kappa shape index (κ1) is 21.7. The van der Waals surface area contributed by atoms with Crippen LogP contribution in [0.4, 0.5) is 13.2 Å². The molecule has 0 aromatic heterocycles. The zero-order chi connectivity index (χ0) is 20.7. The molecule has 29 heavy (non-hydrogen) atoms. The van der Waals surface area contributed by atoms with Crippen LogP contribution in [-0.4, -0.2) is 24.5 Å². The number of halogens is 3. The summed E-state index contributed by atoms with van der Waals surface area (Å²) < 4.78 is 44.6. The Bertz CT molecular complexity index is 726. The van der Waals surface area contributed by atoms with Crippen LogP contribution < -0.4 is 4.74 Å². The van der Waals surface area contributed by atoms with E-state index in [1.807, 2.05) is 30.3 Å². The zero-order valence-corrected chi connectivity index (χ0v) is 17.0. The fourth-order valence-corrected chi connectivity index (χ4v) is 3.49. The number of alkyl halides is 3. The van der Waals surface area contributed by atoms with Gasteiger partial charge in [-0.15, -0.1) is 0 Å². The molecule has 1 saturated carbocycles. The molecule has 158 valence electrons. The Morgan fingerprint density at radius 1 is 1.00 bits per heavy atom. The van der Waals surface area contributed by atoms with Crippen molar-refractivity contribution < 1.29 is 17.9 Å². The van der Waals surface area contributed by atoms with Gasteiger partial charge in [0.2, 0.25) is 0 Å². The minimum absolute atomic E-state index is 0.184. The molecule has 1 fully saturated rings. The van der Waals surface area contributed by atoms with Gasteiger partial charge in [-0.05, 0) is 61.6 Å². The van der Waals surface area contributed by atoms with Gasteiger partial charge in [0.15, 0.2) is 0 Å². The molecule has 0 amide bonds. The Morgan fingerprint density at radius 2 is 1.69 bits per heavy atom. The minimum Gasteiger partial charge on any atom is -0.486 e. The lowest BCUT2D eigenvalue weighted by Crippen LogP contribution is -2.30. The predicted molar refractivity (Wildman–Crippen MR) is 110 cm³/mol. The summed E-state index contributed by atoms with van der Waals surface area (Å²) in [6.07, 6.45) is 1.30. The second-order valence-electron chi connectivity index (χ2n) is 7.93. The van der Waals surface area contributed by atoms with Crippen molar-refractivity contribution in [1.29, 1.82) is 0 Å². The molecule has 1 aliphatic rings. The lowest BCUT2D eigenvalue weighted by molar-refractivity contribution is -0.137. The van der Waals surface area contributed by atoms with Crippen molar-refractivity contribution in [2.24, 2.45) is 5.92 Å². The summed E-state index contributed by atoms with van der Waals surface area (Å²) in [5.41, 5.74) is 0.394. The van der Waals surface area contributed by atoms with Gasteiger partial charge in [-0.2, -0.15) is 13.2 Å². The van der Waals surface area contributed by atoms with Crippen molar-refractivity contribution in [3.8, 4) is 5.75 Å². The topological polar surface area (TPSA) is 12.5 Å². The highest BCUT2D eigenvalue weighted by molar-refractivity contribution is 5.30. The maximum absolute atomic E-state index is 12.8. The van der Waals surface area contributed by atoms with E-state index in [-0.39, 0.29) is 6.10 Å². The van der Waals surface area contributed by atoms with Crippen LogP contribution >= 0.6 is 0 Å². The Labute approximate surface area is 171 Å². The summed E-state index contributed by atoms with van der Waals surface area (Å²) in [5.74, 6) is 1.30. The Hall–Kier alpha value is -2.01. The molecule has 0 aliphatic heterocycles. The van der Waals surface area contributed by atoms with Gasteiger partial charge in [0.25, 0.3) is 0 Å². The molecule has 0 spiro atoms. The second kappa shape index (κ2) is 10.1. The van der Waals surface area contributed by atoms with Crippen LogP contribution in [0.2, 0.25) is 0 Å². The van der Waals surface area contributed by atoms with Crippen LogP contribution in [0, 0.1) is 5.92 Å². The molecule has 1 unspecified atom stereocenters. The third-order valence-electron chi connectivity index (χ3n) is 5.38. The molecule has 2 nitrogen and oxygen atoms in total. The van der Waals surface area contributed by atoms with Crippen molar-refractivity contribution in [2.75, 3.05) is 19.6 Å². The Kier molecular flexibility index (Phi) is 7.59. The van der Waals surface area contributed by atoms with Crippen molar-refractivity contribution >= 4 is 0 Å². The fraction of sp³-hybridized carbons (Fsp3) is 0.500. The van der Waals surface area contributed by atoms with E-state index < -0.39 is 11.7 Å². The van der Waals surface area contributed by atoms with E-state index in [1.54, 1.807) is 0 Å². The fourth-order valence-electron chi connectivity index (χ4n) is 3.49. The molecule has 0 N–H and O–H groups in total. The van der Waals surface area contributed by atoms with Crippen LogP contribution in [0.5, 0.6) is 5.75 Å².